The van der Waals surface area contributed by atoms with E-state index >= 15 is 0 Å². The van der Waals surface area contributed by atoms with Gasteiger partial charge in [-0.1, -0.05) is 48.5 Å². The summed E-state index contributed by atoms with van der Waals surface area (Å²) in [5.41, 5.74) is 2.40. The molecule has 8 nitrogen and oxygen atoms in total. The van der Waals surface area contributed by atoms with Crippen LogP contribution in [0.5, 0.6) is 5.75 Å². The average molecular weight is 618 g/mol. The summed E-state index contributed by atoms with van der Waals surface area (Å²) in [5.74, 6) is 0.468. The summed E-state index contributed by atoms with van der Waals surface area (Å²) in [7, 11) is 1.58. The number of nitrogens with one attached hydrogen (secondary N) is 3. The third-order valence-electron chi connectivity index (χ3n) is 6.65. The molecule has 1 heterocycles. The second-order valence-corrected chi connectivity index (χ2v) is 11.3. The van der Waals surface area contributed by atoms with Crippen molar-refractivity contribution in [1.82, 2.24) is 5.32 Å². The van der Waals surface area contributed by atoms with E-state index in [1.165, 1.54) is 17.8 Å². The van der Waals surface area contributed by atoms with Crippen molar-refractivity contribution in [2.75, 3.05) is 17.7 Å². The minimum Gasteiger partial charge on any atom is -0.496 e. The Labute approximate surface area is 265 Å². The predicted octanol–water partition coefficient (Wildman–Crippen LogP) is 7.48. The van der Waals surface area contributed by atoms with Crippen LogP contribution in [-0.2, 0) is 9.59 Å². The highest BCUT2D eigenvalue weighted by atomic mass is 32.2. The summed E-state index contributed by atoms with van der Waals surface area (Å²) < 4.78 is 11.5. The molecule has 1 aromatic heterocycles. The van der Waals surface area contributed by atoms with Crippen molar-refractivity contribution < 1.29 is 23.5 Å². The molecule has 3 amide bonds. The maximum absolute atomic E-state index is 13.5. The number of carbonyl (C=O) groups excluding carboxylic acids is 3. The Balaban J connectivity index is 1.31. The first-order valence-corrected chi connectivity index (χ1v) is 15.0. The first kappa shape index (κ1) is 30.9. The third-order valence-corrected chi connectivity index (χ3v) is 7.76. The molecule has 0 fully saturated rings. The highest BCUT2D eigenvalue weighted by molar-refractivity contribution is 8.00. The summed E-state index contributed by atoms with van der Waals surface area (Å²) in [6.45, 7) is 1.83. The molecule has 0 aliphatic rings. The van der Waals surface area contributed by atoms with E-state index in [4.69, 9.17) is 9.15 Å². The molecule has 226 valence electrons. The number of para-hydroxylation sites is 2. The van der Waals surface area contributed by atoms with Crippen LogP contribution in [0.4, 0.5) is 11.4 Å². The fraction of sp³-hybridized carbons (Fsp3) is 0.0833. The van der Waals surface area contributed by atoms with Gasteiger partial charge in [0.25, 0.3) is 11.8 Å². The second-order valence-electron chi connectivity index (χ2n) is 9.87. The lowest BCUT2D eigenvalue weighted by atomic mass is 10.1. The molecule has 0 saturated carbocycles. The SMILES string of the molecule is COc1ccccc1-c1ccc(/C=C(\NC(=O)c2ccccc2)C(=O)Nc2ccc(S[C@@H](C)C(=O)Nc3ccccc3)cc2)o1. The van der Waals surface area contributed by atoms with Gasteiger partial charge in [-0.2, -0.15) is 0 Å². The Hall–Kier alpha value is -5.54. The quantitative estimate of drug-likeness (QED) is 0.105. The molecule has 0 aliphatic heterocycles. The Morgan fingerprint density at radius 3 is 2.11 bits per heavy atom. The Kier molecular flexibility index (Phi) is 10.1. The molecule has 0 bridgehead atoms. The molecule has 0 saturated heterocycles. The molecule has 0 spiro atoms. The second kappa shape index (κ2) is 14.8. The maximum atomic E-state index is 13.5. The highest BCUT2D eigenvalue weighted by Crippen LogP contribution is 2.31. The van der Waals surface area contributed by atoms with Gasteiger partial charge in [-0.25, -0.2) is 0 Å². The number of anilines is 2. The zero-order valence-electron chi connectivity index (χ0n) is 24.7. The van der Waals surface area contributed by atoms with E-state index in [1.54, 1.807) is 61.7 Å². The van der Waals surface area contributed by atoms with Gasteiger partial charge in [-0.15, -0.1) is 11.8 Å². The summed E-state index contributed by atoms with van der Waals surface area (Å²) in [4.78, 5) is 40.0. The summed E-state index contributed by atoms with van der Waals surface area (Å²) >= 11 is 1.40. The fourth-order valence-electron chi connectivity index (χ4n) is 4.35. The lowest BCUT2D eigenvalue weighted by Crippen LogP contribution is -2.30. The van der Waals surface area contributed by atoms with Gasteiger partial charge in [-0.05, 0) is 79.7 Å². The number of benzene rings is 4. The minimum atomic E-state index is -0.537. The van der Waals surface area contributed by atoms with Crippen LogP contribution < -0.4 is 20.7 Å². The smallest absolute Gasteiger partial charge is 0.272 e. The normalized spacial score (nSPS) is 11.7. The van der Waals surface area contributed by atoms with E-state index in [1.807, 2.05) is 73.7 Å². The number of ether oxygens (including phenoxy) is 1. The molecule has 3 N–H and O–H groups in total. The number of methoxy groups -OCH3 is 1. The molecule has 5 aromatic rings. The monoisotopic (exact) mass is 617 g/mol. The van der Waals surface area contributed by atoms with E-state index in [0.717, 1.165) is 16.1 Å². The van der Waals surface area contributed by atoms with Crippen LogP contribution in [0, 0.1) is 0 Å². The summed E-state index contributed by atoms with van der Waals surface area (Å²) in [5, 5.41) is 8.12. The van der Waals surface area contributed by atoms with E-state index in [-0.39, 0.29) is 16.9 Å². The van der Waals surface area contributed by atoms with Crippen LogP contribution in [0.2, 0.25) is 0 Å². The Morgan fingerprint density at radius 2 is 1.40 bits per heavy atom. The van der Waals surface area contributed by atoms with Crippen molar-refractivity contribution in [3.05, 3.63) is 138 Å². The number of hydrogen-bond acceptors (Lipinski definition) is 6. The molecule has 0 radical (unpaired) electrons. The molecular formula is C36H31N3O5S. The van der Waals surface area contributed by atoms with Gasteiger partial charge in [0, 0.05) is 27.9 Å². The lowest BCUT2D eigenvalue weighted by Gasteiger charge is -2.13. The largest absolute Gasteiger partial charge is 0.496 e. The lowest BCUT2D eigenvalue weighted by molar-refractivity contribution is -0.115. The van der Waals surface area contributed by atoms with Gasteiger partial charge in [0.15, 0.2) is 0 Å². The van der Waals surface area contributed by atoms with E-state index in [9.17, 15) is 14.4 Å². The van der Waals surface area contributed by atoms with E-state index in [0.29, 0.717) is 28.5 Å². The average Bonchev–Trinajstić information content (AvgIpc) is 3.54. The first-order chi connectivity index (χ1) is 21.9. The maximum Gasteiger partial charge on any atom is 0.272 e. The van der Waals surface area contributed by atoms with Crippen molar-refractivity contribution in [2.24, 2.45) is 0 Å². The topological polar surface area (TPSA) is 110 Å². The van der Waals surface area contributed by atoms with Gasteiger partial charge in [0.05, 0.1) is 17.9 Å². The number of rotatable bonds is 11. The molecule has 45 heavy (non-hydrogen) atoms. The first-order valence-electron chi connectivity index (χ1n) is 14.1. The van der Waals surface area contributed by atoms with Crippen molar-refractivity contribution in [3.8, 4) is 17.1 Å². The molecular weight excluding hydrogens is 586 g/mol. The van der Waals surface area contributed by atoms with Gasteiger partial charge < -0.3 is 25.1 Å². The van der Waals surface area contributed by atoms with E-state index in [2.05, 4.69) is 16.0 Å². The molecule has 5 rings (SSSR count). The van der Waals surface area contributed by atoms with Crippen LogP contribution in [0.3, 0.4) is 0 Å². The zero-order chi connectivity index (χ0) is 31.6. The van der Waals surface area contributed by atoms with Crippen molar-refractivity contribution in [2.45, 2.75) is 17.1 Å². The van der Waals surface area contributed by atoms with Crippen molar-refractivity contribution in [3.63, 3.8) is 0 Å². The number of thioether (sulfide) groups is 1. The molecule has 1 atom stereocenters. The predicted molar refractivity (Wildman–Crippen MR) is 178 cm³/mol. The highest BCUT2D eigenvalue weighted by Gasteiger charge is 2.18. The van der Waals surface area contributed by atoms with Crippen LogP contribution >= 0.6 is 11.8 Å². The standard InChI is InChI=1S/C36H31N3O5S/c1-24(34(40)37-26-13-7-4-8-14-26)45-29-20-17-27(18-21-29)38-36(42)31(39-35(41)25-11-5-3-6-12-25)23-28-19-22-33(44-28)30-15-9-10-16-32(30)43-2/h3-24H,1-2H3,(H,37,40)(H,38,42)(H,39,41)/b31-23-/t24-/m0/s1. The molecule has 0 unspecified atom stereocenters. The number of furan rings is 1. The van der Waals surface area contributed by atoms with Gasteiger partial charge in [0.1, 0.15) is 23.0 Å². The zero-order valence-corrected chi connectivity index (χ0v) is 25.5. The van der Waals surface area contributed by atoms with Crippen molar-refractivity contribution >= 4 is 46.9 Å². The minimum absolute atomic E-state index is 0.00515. The van der Waals surface area contributed by atoms with Crippen LogP contribution in [0.25, 0.3) is 17.4 Å². The molecule has 9 heteroatoms. The van der Waals surface area contributed by atoms with Gasteiger partial charge in [0.2, 0.25) is 5.91 Å². The summed E-state index contributed by atoms with van der Waals surface area (Å²) in [6.07, 6.45) is 1.48. The molecule has 0 aliphatic carbocycles. The third kappa shape index (κ3) is 8.31. The van der Waals surface area contributed by atoms with E-state index < -0.39 is 11.8 Å². The Bertz CT molecular complexity index is 1800. The van der Waals surface area contributed by atoms with Gasteiger partial charge >= 0.3 is 0 Å². The van der Waals surface area contributed by atoms with Crippen LogP contribution in [0.15, 0.2) is 136 Å². The fourth-order valence-corrected chi connectivity index (χ4v) is 5.21. The number of amides is 3. The van der Waals surface area contributed by atoms with Crippen LogP contribution in [-0.4, -0.2) is 30.1 Å². The Morgan fingerprint density at radius 1 is 0.756 bits per heavy atom. The number of hydrogen-bond donors (Lipinski definition) is 3. The number of carbonyl (C=O) groups is 3. The summed E-state index contributed by atoms with van der Waals surface area (Å²) in [6, 6.07) is 36.0. The van der Waals surface area contributed by atoms with Gasteiger partial charge in [-0.3, -0.25) is 14.4 Å². The molecule has 4 aromatic carbocycles. The van der Waals surface area contributed by atoms with Crippen molar-refractivity contribution in [1.29, 1.82) is 0 Å². The van der Waals surface area contributed by atoms with Crippen LogP contribution in [0.1, 0.15) is 23.0 Å².